The minimum absolute atomic E-state index is 0.224. The molecule has 0 bridgehead atoms. The Morgan fingerprint density at radius 2 is 1.46 bits per heavy atom. The Morgan fingerprint density at radius 3 is 2.04 bits per heavy atom. The second-order valence-electron chi connectivity index (χ2n) is 5.96. The van der Waals surface area contributed by atoms with Gasteiger partial charge in [0.1, 0.15) is 11.6 Å². The summed E-state index contributed by atoms with van der Waals surface area (Å²) in [5.74, 6) is 0.000595. The van der Waals surface area contributed by atoms with Crippen molar-refractivity contribution < 1.29 is 19.1 Å². The zero-order valence-electron chi connectivity index (χ0n) is 15.7. The van der Waals surface area contributed by atoms with Crippen molar-refractivity contribution in [2.75, 3.05) is 19.5 Å². The first-order valence-electron chi connectivity index (χ1n) is 8.50. The number of hydrogen-bond acceptors (Lipinski definition) is 7. The molecule has 0 saturated heterocycles. The Balaban J connectivity index is 2.00. The number of hydrogen-bond donors (Lipinski definition) is 1. The summed E-state index contributed by atoms with van der Waals surface area (Å²) in [4.78, 5) is 32.7. The molecule has 1 aromatic heterocycles. The second kappa shape index (κ2) is 8.30. The van der Waals surface area contributed by atoms with Crippen LogP contribution >= 0.6 is 0 Å². The van der Waals surface area contributed by atoms with Crippen LogP contribution in [0.4, 0.5) is 11.5 Å². The Bertz CT molecular complexity index is 985. The van der Waals surface area contributed by atoms with Crippen molar-refractivity contribution in [1.29, 1.82) is 0 Å². The van der Waals surface area contributed by atoms with E-state index in [1.165, 1.54) is 20.3 Å². The lowest BCUT2D eigenvalue weighted by molar-refractivity contribution is 0.0599. The monoisotopic (exact) mass is 377 g/mol. The SMILES string of the molecule is COC(=O)c1cc(Nc2cc(-c3ccccc3)nc(C)n2)cc(C(=O)OC)c1. The summed E-state index contributed by atoms with van der Waals surface area (Å²) in [7, 11) is 2.56. The average Bonchev–Trinajstić information content (AvgIpc) is 2.72. The van der Waals surface area contributed by atoms with Crippen LogP contribution in [0, 0.1) is 6.92 Å². The number of nitrogens with one attached hydrogen (secondary N) is 1. The third kappa shape index (κ3) is 4.32. The van der Waals surface area contributed by atoms with E-state index >= 15 is 0 Å². The van der Waals surface area contributed by atoms with E-state index < -0.39 is 11.9 Å². The first-order chi connectivity index (χ1) is 13.5. The van der Waals surface area contributed by atoms with Gasteiger partial charge >= 0.3 is 11.9 Å². The molecule has 0 aliphatic rings. The van der Waals surface area contributed by atoms with Crippen molar-refractivity contribution >= 4 is 23.4 Å². The molecule has 7 nitrogen and oxygen atoms in total. The molecule has 0 fully saturated rings. The standard InChI is InChI=1S/C21H19N3O4/c1-13-22-18(14-7-5-4-6-8-14)12-19(23-13)24-17-10-15(20(25)27-2)9-16(11-17)21(26)28-3/h4-12H,1-3H3,(H,22,23,24). The Kier molecular flexibility index (Phi) is 5.64. The smallest absolute Gasteiger partial charge is 0.337 e. The molecule has 28 heavy (non-hydrogen) atoms. The van der Waals surface area contributed by atoms with Crippen molar-refractivity contribution in [3.63, 3.8) is 0 Å². The highest BCUT2D eigenvalue weighted by molar-refractivity contribution is 5.97. The Morgan fingerprint density at radius 1 is 0.857 bits per heavy atom. The zero-order chi connectivity index (χ0) is 20.1. The van der Waals surface area contributed by atoms with Gasteiger partial charge in [-0.1, -0.05) is 30.3 Å². The molecule has 142 valence electrons. The fourth-order valence-electron chi connectivity index (χ4n) is 2.71. The van der Waals surface area contributed by atoms with Crippen LogP contribution in [-0.4, -0.2) is 36.1 Å². The van der Waals surface area contributed by atoms with Crippen LogP contribution in [-0.2, 0) is 9.47 Å². The Hall–Kier alpha value is -3.74. The van der Waals surface area contributed by atoms with Crippen LogP contribution in [0.2, 0.25) is 0 Å². The van der Waals surface area contributed by atoms with Gasteiger partial charge in [-0.15, -0.1) is 0 Å². The summed E-state index contributed by atoms with van der Waals surface area (Å²) in [6.07, 6.45) is 0. The van der Waals surface area contributed by atoms with Crippen molar-refractivity contribution in [2.24, 2.45) is 0 Å². The largest absolute Gasteiger partial charge is 0.465 e. The van der Waals surface area contributed by atoms with Gasteiger partial charge in [-0.2, -0.15) is 0 Å². The van der Waals surface area contributed by atoms with Gasteiger partial charge in [-0.25, -0.2) is 19.6 Å². The number of aromatic nitrogens is 2. The average molecular weight is 377 g/mol. The van der Waals surface area contributed by atoms with Crippen LogP contribution in [0.15, 0.2) is 54.6 Å². The molecule has 3 rings (SSSR count). The van der Waals surface area contributed by atoms with Gasteiger partial charge < -0.3 is 14.8 Å². The normalized spacial score (nSPS) is 10.2. The maximum Gasteiger partial charge on any atom is 0.337 e. The highest BCUT2D eigenvalue weighted by Gasteiger charge is 2.14. The predicted molar refractivity (Wildman–Crippen MR) is 105 cm³/mol. The maximum absolute atomic E-state index is 11.9. The quantitative estimate of drug-likeness (QED) is 0.677. The lowest BCUT2D eigenvalue weighted by atomic mass is 10.1. The van der Waals surface area contributed by atoms with Gasteiger partial charge in [0, 0.05) is 17.3 Å². The van der Waals surface area contributed by atoms with E-state index in [2.05, 4.69) is 15.3 Å². The summed E-state index contributed by atoms with van der Waals surface area (Å²) in [6, 6.07) is 16.1. The van der Waals surface area contributed by atoms with Crippen LogP contribution in [0.3, 0.4) is 0 Å². The van der Waals surface area contributed by atoms with Crippen molar-refractivity contribution in [3.05, 3.63) is 71.5 Å². The molecule has 1 heterocycles. The fraction of sp³-hybridized carbons (Fsp3) is 0.143. The molecule has 0 atom stereocenters. The highest BCUT2D eigenvalue weighted by atomic mass is 16.5. The summed E-state index contributed by atoms with van der Waals surface area (Å²) in [5, 5.41) is 3.13. The van der Waals surface area contributed by atoms with Gasteiger partial charge in [0.2, 0.25) is 0 Å². The van der Waals surface area contributed by atoms with Crippen molar-refractivity contribution in [3.8, 4) is 11.3 Å². The predicted octanol–water partition coefficient (Wildman–Crippen LogP) is 3.77. The van der Waals surface area contributed by atoms with Crippen molar-refractivity contribution in [1.82, 2.24) is 9.97 Å². The van der Waals surface area contributed by atoms with Gasteiger partial charge in [0.15, 0.2) is 0 Å². The minimum Gasteiger partial charge on any atom is -0.465 e. The number of carbonyl (C=O) groups excluding carboxylic acids is 2. The topological polar surface area (TPSA) is 90.4 Å². The number of anilines is 2. The van der Waals surface area contributed by atoms with Crippen LogP contribution < -0.4 is 5.32 Å². The summed E-state index contributed by atoms with van der Waals surface area (Å²) >= 11 is 0. The fourth-order valence-corrected chi connectivity index (χ4v) is 2.71. The third-order valence-electron chi connectivity index (χ3n) is 3.96. The molecule has 0 spiro atoms. The van der Waals surface area contributed by atoms with Crippen LogP contribution in [0.5, 0.6) is 0 Å². The van der Waals surface area contributed by atoms with E-state index in [1.54, 1.807) is 25.1 Å². The molecule has 0 aliphatic heterocycles. The van der Waals surface area contributed by atoms with Crippen molar-refractivity contribution in [2.45, 2.75) is 6.92 Å². The van der Waals surface area contributed by atoms with E-state index in [9.17, 15) is 9.59 Å². The maximum atomic E-state index is 11.9. The molecule has 0 unspecified atom stereocenters. The van der Waals surface area contributed by atoms with Gasteiger partial charge in [0.25, 0.3) is 0 Å². The number of aryl methyl sites for hydroxylation is 1. The number of rotatable bonds is 5. The molecule has 0 amide bonds. The minimum atomic E-state index is -0.558. The second-order valence-corrected chi connectivity index (χ2v) is 5.96. The lowest BCUT2D eigenvalue weighted by Crippen LogP contribution is -2.08. The third-order valence-corrected chi connectivity index (χ3v) is 3.96. The Labute approximate surface area is 162 Å². The molecule has 0 saturated carbocycles. The molecule has 1 N–H and O–H groups in total. The van der Waals surface area contributed by atoms with Gasteiger partial charge in [0.05, 0.1) is 31.0 Å². The number of esters is 2. The van der Waals surface area contributed by atoms with Gasteiger partial charge in [-0.3, -0.25) is 0 Å². The highest BCUT2D eigenvalue weighted by Crippen LogP contribution is 2.24. The lowest BCUT2D eigenvalue weighted by Gasteiger charge is -2.11. The molecule has 0 aliphatic carbocycles. The zero-order valence-corrected chi connectivity index (χ0v) is 15.7. The molecule has 3 aromatic rings. The number of benzene rings is 2. The number of ether oxygens (including phenoxy) is 2. The molecular weight excluding hydrogens is 358 g/mol. The van der Waals surface area contributed by atoms with E-state index in [0.29, 0.717) is 17.3 Å². The van der Waals surface area contributed by atoms with Crippen LogP contribution in [0.1, 0.15) is 26.5 Å². The summed E-state index contributed by atoms with van der Waals surface area (Å²) in [5.41, 5.74) is 2.66. The summed E-state index contributed by atoms with van der Waals surface area (Å²) < 4.78 is 9.52. The molecule has 7 heteroatoms. The molecular formula is C21H19N3O4. The first-order valence-corrected chi connectivity index (χ1v) is 8.50. The summed E-state index contributed by atoms with van der Waals surface area (Å²) in [6.45, 7) is 1.79. The van der Waals surface area contributed by atoms with E-state index in [0.717, 1.165) is 11.3 Å². The first kappa shape index (κ1) is 19.0. The number of carbonyl (C=O) groups is 2. The van der Waals surface area contributed by atoms with E-state index in [4.69, 9.17) is 9.47 Å². The van der Waals surface area contributed by atoms with E-state index in [-0.39, 0.29) is 11.1 Å². The number of methoxy groups -OCH3 is 2. The number of nitrogens with zero attached hydrogens (tertiary/aromatic N) is 2. The van der Waals surface area contributed by atoms with Crippen LogP contribution in [0.25, 0.3) is 11.3 Å². The van der Waals surface area contributed by atoms with Gasteiger partial charge in [-0.05, 0) is 25.1 Å². The van der Waals surface area contributed by atoms with E-state index in [1.807, 2.05) is 30.3 Å². The molecule has 0 radical (unpaired) electrons. The molecule has 2 aromatic carbocycles.